The highest BCUT2D eigenvalue weighted by molar-refractivity contribution is 6.06. The molecular formula is C26H30N4O3. The first-order valence-electron chi connectivity index (χ1n) is 11.5. The Morgan fingerprint density at radius 2 is 1.88 bits per heavy atom. The summed E-state index contributed by atoms with van der Waals surface area (Å²) in [7, 11) is 0. The van der Waals surface area contributed by atoms with E-state index in [-0.39, 0.29) is 12.0 Å². The maximum atomic E-state index is 8.76. The molecule has 7 heteroatoms. The van der Waals surface area contributed by atoms with E-state index in [1.165, 1.54) is 17.4 Å². The minimum absolute atomic E-state index is 0.0121. The summed E-state index contributed by atoms with van der Waals surface area (Å²) in [6, 6.07) is 16.2. The van der Waals surface area contributed by atoms with Gasteiger partial charge in [0.05, 0.1) is 12.1 Å². The standard InChI is InChI=1S/C26H30N4O3/c1-19(13-20-5-3-2-4-6-20)16-29-9-11-30(12-10-29)17-25-23-18-32-24-14-21(15-27-31)7-8-22(24)26(23)28-33-25/h2-8,13-15,23,25,31H,9-12,16-18H2,1H3/b19-13+,27-15+. The van der Waals surface area contributed by atoms with Crippen molar-refractivity contribution in [1.29, 1.82) is 0 Å². The number of ether oxygens (including phenoxy) is 1. The molecule has 0 amide bonds. The third kappa shape index (κ3) is 4.94. The second-order valence-electron chi connectivity index (χ2n) is 9.02. The minimum Gasteiger partial charge on any atom is -0.492 e. The summed E-state index contributed by atoms with van der Waals surface area (Å²) in [6.45, 7) is 8.80. The first kappa shape index (κ1) is 21.7. The highest BCUT2D eigenvalue weighted by Gasteiger charge is 2.40. The van der Waals surface area contributed by atoms with Gasteiger partial charge in [-0.1, -0.05) is 58.4 Å². The molecule has 33 heavy (non-hydrogen) atoms. The van der Waals surface area contributed by atoms with E-state index in [0.29, 0.717) is 6.61 Å². The van der Waals surface area contributed by atoms with Crippen LogP contribution in [0.5, 0.6) is 5.75 Å². The molecule has 0 aromatic heterocycles. The normalized spacial score (nSPS) is 23.5. The lowest BCUT2D eigenvalue weighted by Gasteiger charge is -2.36. The van der Waals surface area contributed by atoms with Crippen LogP contribution in [0.25, 0.3) is 6.08 Å². The molecule has 2 unspecified atom stereocenters. The Labute approximate surface area is 194 Å². The first-order valence-corrected chi connectivity index (χ1v) is 11.5. The van der Waals surface area contributed by atoms with E-state index in [1.807, 2.05) is 18.2 Å². The average Bonchev–Trinajstić information content (AvgIpc) is 3.24. The summed E-state index contributed by atoms with van der Waals surface area (Å²) in [6.07, 6.45) is 3.68. The molecular weight excluding hydrogens is 416 g/mol. The summed E-state index contributed by atoms with van der Waals surface area (Å²) in [4.78, 5) is 10.9. The van der Waals surface area contributed by atoms with Crippen LogP contribution in [0.15, 0.2) is 64.4 Å². The summed E-state index contributed by atoms with van der Waals surface area (Å²) in [5, 5.41) is 16.3. The second kappa shape index (κ2) is 9.77. The molecule has 1 N–H and O–H groups in total. The minimum atomic E-state index is 0.0121. The molecule has 5 rings (SSSR count). The predicted octanol–water partition coefficient (Wildman–Crippen LogP) is 3.33. The van der Waals surface area contributed by atoms with Crippen molar-refractivity contribution in [3.05, 3.63) is 70.8 Å². The monoisotopic (exact) mass is 446 g/mol. The third-order valence-corrected chi connectivity index (χ3v) is 6.58. The van der Waals surface area contributed by atoms with E-state index < -0.39 is 0 Å². The molecule has 7 nitrogen and oxygen atoms in total. The van der Waals surface area contributed by atoms with Crippen molar-refractivity contribution >= 4 is 18.0 Å². The van der Waals surface area contributed by atoms with E-state index in [2.05, 4.69) is 63.4 Å². The van der Waals surface area contributed by atoms with E-state index in [1.54, 1.807) is 0 Å². The zero-order valence-electron chi connectivity index (χ0n) is 18.9. The average molecular weight is 447 g/mol. The molecule has 0 aliphatic carbocycles. The lowest BCUT2D eigenvalue weighted by atomic mass is 9.89. The number of hydrogen-bond acceptors (Lipinski definition) is 7. The zero-order chi connectivity index (χ0) is 22.6. The smallest absolute Gasteiger partial charge is 0.151 e. The molecule has 0 radical (unpaired) electrons. The Hall–Kier alpha value is -3.16. The van der Waals surface area contributed by atoms with Gasteiger partial charge >= 0.3 is 0 Å². The molecule has 1 saturated heterocycles. The first-order chi connectivity index (χ1) is 16.2. The topological polar surface area (TPSA) is 69.9 Å². The van der Waals surface area contributed by atoms with E-state index in [9.17, 15) is 0 Å². The van der Waals surface area contributed by atoms with Crippen LogP contribution in [-0.2, 0) is 4.84 Å². The number of fused-ring (bicyclic) bond motifs is 3. The summed E-state index contributed by atoms with van der Waals surface area (Å²) >= 11 is 0. The molecule has 3 aliphatic rings. The Morgan fingerprint density at radius 1 is 1.09 bits per heavy atom. The Morgan fingerprint density at radius 3 is 2.67 bits per heavy atom. The molecule has 1 fully saturated rings. The molecule has 2 atom stereocenters. The van der Waals surface area contributed by atoms with Crippen molar-refractivity contribution in [2.75, 3.05) is 45.9 Å². The Bertz CT molecular complexity index is 1060. The van der Waals surface area contributed by atoms with Crippen LogP contribution in [-0.4, -0.2) is 78.9 Å². The highest BCUT2D eigenvalue weighted by atomic mass is 16.6. The van der Waals surface area contributed by atoms with Crippen molar-refractivity contribution in [2.45, 2.75) is 13.0 Å². The van der Waals surface area contributed by atoms with E-state index in [4.69, 9.17) is 14.8 Å². The fourth-order valence-corrected chi connectivity index (χ4v) is 4.85. The zero-order valence-corrected chi connectivity index (χ0v) is 18.9. The van der Waals surface area contributed by atoms with Gasteiger partial charge in [0.25, 0.3) is 0 Å². The van der Waals surface area contributed by atoms with Crippen LogP contribution < -0.4 is 4.74 Å². The largest absolute Gasteiger partial charge is 0.492 e. The molecule has 172 valence electrons. The molecule has 0 spiro atoms. The van der Waals surface area contributed by atoms with Gasteiger partial charge in [-0.05, 0) is 30.2 Å². The maximum Gasteiger partial charge on any atom is 0.151 e. The van der Waals surface area contributed by atoms with Crippen LogP contribution in [0.2, 0.25) is 0 Å². The van der Waals surface area contributed by atoms with Crippen LogP contribution in [0.4, 0.5) is 0 Å². The number of piperazine rings is 1. The van der Waals surface area contributed by atoms with E-state index in [0.717, 1.165) is 61.9 Å². The molecule has 3 aliphatic heterocycles. The fraction of sp³-hybridized carbons (Fsp3) is 0.385. The molecule has 0 saturated carbocycles. The molecule has 0 bridgehead atoms. The number of rotatable bonds is 6. The second-order valence-corrected chi connectivity index (χ2v) is 9.02. The summed E-state index contributed by atoms with van der Waals surface area (Å²) < 4.78 is 6.02. The fourth-order valence-electron chi connectivity index (χ4n) is 4.85. The van der Waals surface area contributed by atoms with Crippen LogP contribution in [0.1, 0.15) is 23.6 Å². The van der Waals surface area contributed by atoms with Gasteiger partial charge in [0, 0.05) is 44.8 Å². The van der Waals surface area contributed by atoms with Crippen LogP contribution in [0.3, 0.4) is 0 Å². The predicted molar refractivity (Wildman–Crippen MR) is 129 cm³/mol. The van der Waals surface area contributed by atoms with Gasteiger partial charge in [0.1, 0.15) is 18.1 Å². The molecule has 2 aromatic carbocycles. The van der Waals surface area contributed by atoms with Gasteiger partial charge in [-0.25, -0.2) is 0 Å². The van der Waals surface area contributed by atoms with Gasteiger partial charge in [-0.15, -0.1) is 0 Å². The number of hydrogen-bond donors (Lipinski definition) is 1. The number of oxime groups is 2. The highest BCUT2D eigenvalue weighted by Crippen LogP contribution is 2.34. The van der Waals surface area contributed by atoms with Crippen molar-refractivity contribution in [3.8, 4) is 5.75 Å². The quantitative estimate of drug-likeness (QED) is 0.419. The number of benzene rings is 2. The molecule has 2 aromatic rings. The van der Waals surface area contributed by atoms with Gasteiger partial charge in [0.2, 0.25) is 0 Å². The van der Waals surface area contributed by atoms with Gasteiger partial charge < -0.3 is 14.8 Å². The van der Waals surface area contributed by atoms with Gasteiger partial charge in [-0.2, -0.15) is 0 Å². The van der Waals surface area contributed by atoms with Crippen LogP contribution >= 0.6 is 0 Å². The van der Waals surface area contributed by atoms with Crippen molar-refractivity contribution < 1.29 is 14.8 Å². The van der Waals surface area contributed by atoms with Gasteiger partial charge in [-0.3, -0.25) is 9.80 Å². The summed E-state index contributed by atoms with van der Waals surface area (Å²) in [5.41, 5.74) is 5.37. The van der Waals surface area contributed by atoms with E-state index >= 15 is 0 Å². The van der Waals surface area contributed by atoms with Crippen molar-refractivity contribution in [1.82, 2.24) is 9.80 Å². The summed E-state index contributed by atoms with van der Waals surface area (Å²) in [5.74, 6) is 0.906. The number of nitrogens with zero attached hydrogens (tertiary/aromatic N) is 4. The van der Waals surface area contributed by atoms with Crippen molar-refractivity contribution in [2.24, 2.45) is 16.2 Å². The Kier molecular flexibility index (Phi) is 6.41. The Balaban J connectivity index is 1.13. The lowest BCUT2D eigenvalue weighted by Crippen LogP contribution is -2.50. The SMILES string of the molecule is C/C(=C\c1ccccc1)CN1CCN(CC2ON=C3c4ccc(/C=N/O)cc4OCC32)CC1. The van der Waals surface area contributed by atoms with Crippen LogP contribution in [0, 0.1) is 5.92 Å². The van der Waals surface area contributed by atoms with Crippen molar-refractivity contribution in [3.63, 3.8) is 0 Å². The third-order valence-electron chi connectivity index (χ3n) is 6.58. The molecule has 3 heterocycles. The van der Waals surface area contributed by atoms with Gasteiger partial charge in [0.15, 0.2) is 6.10 Å². The maximum absolute atomic E-state index is 8.76. The lowest BCUT2D eigenvalue weighted by molar-refractivity contribution is 0.0101.